The van der Waals surface area contributed by atoms with Gasteiger partial charge in [0.1, 0.15) is 0 Å². The molecule has 3 heteroatoms. The minimum absolute atomic E-state index is 0.566. The highest BCUT2D eigenvalue weighted by atomic mass is 35.5. The van der Waals surface area contributed by atoms with Crippen LogP contribution in [0.1, 0.15) is 39.3 Å². The summed E-state index contributed by atoms with van der Waals surface area (Å²) in [4.78, 5) is 0. The molecular formula is C13H23ClN2. The van der Waals surface area contributed by atoms with Gasteiger partial charge in [-0.3, -0.25) is 0 Å². The van der Waals surface area contributed by atoms with Crippen molar-refractivity contribution in [1.82, 2.24) is 9.88 Å². The SMILES string of the molecule is CC(C)CCC(C)NCc1cc(Cl)cn1C. The van der Waals surface area contributed by atoms with Crippen molar-refractivity contribution in [2.24, 2.45) is 13.0 Å². The van der Waals surface area contributed by atoms with Gasteiger partial charge in [0.15, 0.2) is 0 Å². The van der Waals surface area contributed by atoms with Crippen molar-refractivity contribution in [1.29, 1.82) is 0 Å². The van der Waals surface area contributed by atoms with Gasteiger partial charge in [-0.2, -0.15) is 0 Å². The molecule has 16 heavy (non-hydrogen) atoms. The zero-order chi connectivity index (χ0) is 12.1. The Hall–Kier alpha value is -0.470. The van der Waals surface area contributed by atoms with Gasteiger partial charge in [-0.25, -0.2) is 0 Å². The van der Waals surface area contributed by atoms with Crippen LogP contribution in [0.4, 0.5) is 0 Å². The van der Waals surface area contributed by atoms with E-state index in [-0.39, 0.29) is 0 Å². The maximum atomic E-state index is 5.94. The van der Waals surface area contributed by atoms with Crippen LogP contribution in [0, 0.1) is 5.92 Å². The van der Waals surface area contributed by atoms with Crippen LogP contribution in [-0.4, -0.2) is 10.6 Å². The van der Waals surface area contributed by atoms with Gasteiger partial charge in [0, 0.05) is 31.5 Å². The highest BCUT2D eigenvalue weighted by Gasteiger charge is 2.05. The predicted octanol–water partition coefficient (Wildman–Crippen LogP) is 3.59. The Morgan fingerprint density at radius 3 is 2.50 bits per heavy atom. The molecule has 0 radical (unpaired) electrons. The second-order valence-corrected chi connectivity index (χ2v) is 5.45. The van der Waals surface area contributed by atoms with E-state index in [1.54, 1.807) is 0 Å². The van der Waals surface area contributed by atoms with E-state index in [1.807, 2.05) is 19.3 Å². The standard InChI is InChI=1S/C13H23ClN2/c1-10(2)5-6-11(3)15-8-13-7-12(14)9-16(13)4/h7,9-11,15H,5-6,8H2,1-4H3. The number of halogens is 1. The molecule has 1 atom stereocenters. The molecular weight excluding hydrogens is 220 g/mol. The van der Waals surface area contributed by atoms with Crippen LogP contribution >= 0.6 is 11.6 Å². The Balaban J connectivity index is 2.31. The first-order valence-corrected chi connectivity index (χ1v) is 6.41. The zero-order valence-corrected chi connectivity index (χ0v) is 11.5. The van der Waals surface area contributed by atoms with Gasteiger partial charge in [0.05, 0.1) is 5.02 Å². The Bertz CT molecular complexity index is 318. The first kappa shape index (κ1) is 13.6. The van der Waals surface area contributed by atoms with Crippen molar-refractivity contribution in [3.05, 3.63) is 23.0 Å². The number of nitrogens with zero attached hydrogens (tertiary/aromatic N) is 1. The highest BCUT2D eigenvalue weighted by molar-refractivity contribution is 6.30. The van der Waals surface area contributed by atoms with E-state index in [0.717, 1.165) is 17.5 Å². The van der Waals surface area contributed by atoms with E-state index in [1.165, 1.54) is 18.5 Å². The van der Waals surface area contributed by atoms with Crippen molar-refractivity contribution in [3.8, 4) is 0 Å². The molecule has 1 aromatic rings. The molecule has 1 aromatic heterocycles. The average molecular weight is 243 g/mol. The van der Waals surface area contributed by atoms with E-state index in [9.17, 15) is 0 Å². The minimum atomic E-state index is 0.566. The van der Waals surface area contributed by atoms with E-state index in [4.69, 9.17) is 11.6 Å². The van der Waals surface area contributed by atoms with Gasteiger partial charge < -0.3 is 9.88 Å². The van der Waals surface area contributed by atoms with E-state index in [0.29, 0.717) is 6.04 Å². The molecule has 1 unspecified atom stereocenters. The summed E-state index contributed by atoms with van der Waals surface area (Å²) in [5.41, 5.74) is 1.24. The fourth-order valence-corrected chi connectivity index (χ4v) is 1.98. The summed E-state index contributed by atoms with van der Waals surface area (Å²) >= 11 is 5.94. The van der Waals surface area contributed by atoms with Crippen molar-refractivity contribution >= 4 is 11.6 Å². The number of aromatic nitrogens is 1. The summed E-state index contributed by atoms with van der Waals surface area (Å²) in [5.74, 6) is 0.786. The lowest BCUT2D eigenvalue weighted by molar-refractivity contribution is 0.446. The van der Waals surface area contributed by atoms with Gasteiger partial charge >= 0.3 is 0 Å². The van der Waals surface area contributed by atoms with Gasteiger partial charge in [-0.05, 0) is 31.7 Å². The third-order valence-corrected chi connectivity index (χ3v) is 3.09. The Kier molecular flexibility index (Phi) is 5.36. The lowest BCUT2D eigenvalue weighted by Gasteiger charge is -2.15. The number of aryl methyl sites for hydroxylation is 1. The van der Waals surface area contributed by atoms with Crippen molar-refractivity contribution in [3.63, 3.8) is 0 Å². The number of hydrogen-bond donors (Lipinski definition) is 1. The highest BCUT2D eigenvalue weighted by Crippen LogP contribution is 2.13. The molecule has 92 valence electrons. The zero-order valence-electron chi connectivity index (χ0n) is 10.8. The summed E-state index contributed by atoms with van der Waals surface area (Å²) in [6.07, 6.45) is 4.45. The maximum absolute atomic E-state index is 5.94. The lowest BCUT2D eigenvalue weighted by Crippen LogP contribution is -2.26. The fourth-order valence-electron chi connectivity index (χ4n) is 1.71. The molecule has 0 spiro atoms. The molecule has 0 aliphatic rings. The van der Waals surface area contributed by atoms with Crippen LogP contribution in [-0.2, 0) is 13.6 Å². The normalized spacial score (nSPS) is 13.4. The molecule has 1 heterocycles. The predicted molar refractivity (Wildman–Crippen MR) is 70.8 cm³/mol. The molecule has 0 saturated carbocycles. The summed E-state index contributed by atoms with van der Waals surface area (Å²) in [7, 11) is 2.03. The van der Waals surface area contributed by atoms with Crippen LogP contribution < -0.4 is 5.32 Å². The largest absolute Gasteiger partial charge is 0.352 e. The van der Waals surface area contributed by atoms with E-state index < -0.39 is 0 Å². The second kappa shape index (κ2) is 6.31. The van der Waals surface area contributed by atoms with Crippen LogP contribution in [0.2, 0.25) is 5.02 Å². The molecule has 0 aliphatic heterocycles. The Morgan fingerprint density at radius 1 is 1.31 bits per heavy atom. The molecule has 0 aromatic carbocycles. The van der Waals surface area contributed by atoms with Gasteiger partial charge in [0.2, 0.25) is 0 Å². The molecule has 0 fully saturated rings. The van der Waals surface area contributed by atoms with Crippen molar-refractivity contribution < 1.29 is 0 Å². The van der Waals surface area contributed by atoms with E-state index >= 15 is 0 Å². The maximum Gasteiger partial charge on any atom is 0.0585 e. The first-order chi connectivity index (χ1) is 7.49. The summed E-state index contributed by atoms with van der Waals surface area (Å²) in [5, 5.41) is 4.34. The van der Waals surface area contributed by atoms with Gasteiger partial charge in [-0.15, -0.1) is 0 Å². The van der Waals surface area contributed by atoms with Gasteiger partial charge in [-0.1, -0.05) is 25.4 Å². The van der Waals surface area contributed by atoms with Crippen LogP contribution in [0.3, 0.4) is 0 Å². The van der Waals surface area contributed by atoms with E-state index in [2.05, 4.69) is 30.7 Å². The number of rotatable bonds is 6. The average Bonchev–Trinajstić information content (AvgIpc) is 2.51. The van der Waals surface area contributed by atoms with Crippen LogP contribution in [0.25, 0.3) is 0 Å². The third-order valence-electron chi connectivity index (χ3n) is 2.88. The van der Waals surface area contributed by atoms with Crippen LogP contribution in [0.15, 0.2) is 12.3 Å². The summed E-state index contributed by atoms with van der Waals surface area (Å²) in [6, 6.07) is 2.58. The topological polar surface area (TPSA) is 17.0 Å². The van der Waals surface area contributed by atoms with Crippen LogP contribution in [0.5, 0.6) is 0 Å². The number of nitrogens with one attached hydrogen (secondary N) is 1. The minimum Gasteiger partial charge on any atom is -0.352 e. The van der Waals surface area contributed by atoms with Gasteiger partial charge in [0.25, 0.3) is 0 Å². The molecule has 0 saturated heterocycles. The number of hydrogen-bond acceptors (Lipinski definition) is 1. The molecule has 1 rings (SSSR count). The second-order valence-electron chi connectivity index (χ2n) is 5.01. The molecule has 0 aliphatic carbocycles. The lowest BCUT2D eigenvalue weighted by atomic mass is 10.0. The first-order valence-electron chi connectivity index (χ1n) is 6.03. The smallest absolute Gasteiger partial charge is 0.0585 e. The summed E-state index contributed by atoms with van der Waals surface area (Å²) < 4.78 is 2.07. The Morgan fingerprint density at radius 2 is 2.00 bits per heavy atom. The molecule has 0 amide bonds. The monoisotopic (exact) mass is 242 g/mol. The molecule has 1 N–H and O–H groups in total. The third kappa shape index (κ3) is 4.58. The molecule has 2 nitrogen and oxygen atoms in total. The van der Waals surface area contributed by atoms with Crippen molar-refractivity contribution in [2.45, 2.75) is 46.2 Å². The quantitative estimate of drug-likeness (QED) is 0.807. The summed E-state index contributed by atoms with van der Waals surface area (Å²) in [6.45, 7) is 7.67. The van der Waals surface area contributed by atoms with Crippen molar-refractivity contribution in [2.75, 3.05) is 0 Å². The molecule has 0 bridgehead atoms. The Labute approximate surface area is 104 Å². The fraction of sp³-hybridized carbons (Fsp3) is 0.692.